The fourth-order valence-electron chi connectivity index (χ4n) is 0. The molecule has 4 heteroatoms. The molecule has 0 amide bonds. The molecular formula is C3H9NO2S. The zero-order valence-corrected chi connectivity index (χ0v) is 4.77. The van der Waals surface area contributed by atoms with Gasteiger partial charge < -0.3 is 10.8 Å². The van der Waals surface area contributed by atoms with Gasteiger partial charge in [-0.15, -0.1) is 0 Å². The molecule has 0 radical (unpaired) electrons. The minimum atomic E-state index is -0.250. The van der Waals surface area contributed by atoms with E-state index in [1.165, 1.54) is 0 Å². The molecule has 0 aliphatic carbocycles. The molecule has 0 aliphatic heterocycles. The fraction of sp³-hybridized carbons (Fsp3) is 0.667. The summed E-state index contributed by atoms with van der Waals surface area (Å²) in [5.74, 6) is 0.792. The first-order valence-corrected chi connectivity index (χ1v) is 2.35. The van der Waals surface area contributed by atoms with Crippen LogP contribution >= 0.6 is 12.6 Å². The van der Waals surface area contributed by atoms with Crippen LogP contribution in [0.2, 0.25) is 0 Å². The lowest BCUT2D eigenvalue weighted by molar-refractivity contribution is -0.122. The number of carbonyl (C=O) groups is 1. The van der Waals surface area contributed by atoms with Gasteiger partial charge in [-0.05, 0) is 0 Å². The Bertz CT molecular complexity index is 32.1. The van der Waals surface area contributed by atoms with Crippen LogP contribution in [-0.4, -0.2) is 23.9 Å². The van der Waals surface area contributed by atoms with E-state index in [-0.39, 0.29) is 6.47 Å². The van der Waals surface area contributed by atoms with E-state index in [0.717, 1.165) is 5.75 Å². The first kappa shape index (κ1) is 9.91. The highest BCUT2D eigenvalue weighted by molar-refractivity contribution is 7.80. The lowest BCUT2D eigenvalue weighted by Gasteiger charge is -1.69. The standard InChI is InChI=1S/C2H7NS.CH2O2/c3-1-2-4;2-1-3/h4H,1-3H2;1H,(H,2,3). The van der Waals surface area contributed by atoms with Gasteiger partial charge in [-0.3, -0.25) is 4.79 Å². The highest BCUT2D eigenvalue weighted by Gasteiger charge is 1.56. The second-order valence-corrected chi connectivity index (χ2v) is 1.06. The molecule has 3 nitrogen and oxygen atoms in total. The van der Waals surface area contributed by atoms with Crippen molar-refractivity contribution in [2.45, 2.75) is 0 Å². The third-order valence-corrected chi connectivity index (χ3v) is 0.387. The molecule has 44 valence electrons. The van der Waals surface area contributed by atoms with Gasteiger partial charge in [0.15, 0.2) is 0 Å². The summed E-state index contributed by atoms with van der Waals surface area (Å²) in [6.07, 6.45) is 0. The minimum absolute atomic E-state index is 0.250. The molecule has 0 heterocycles. The lowest BCUT2D eigenvalue weighted by Crippen LogP contribution is -1.97. The van der Waals surface area contributed by atoms with Gasteiger partial charge in [0.1, 0.15) is 0 Å². The Morgan fingerprint density at radius 2 is 2.00 bits per heavy atom. The second-order valence-electron chi connectivity index (χ2n) is 0.618. The predicted octanol–water partition coefficient (Wildman–Crippen LogP) is -0.424. The fourth-order valence-corrected chi connectivity index (χ4v) is 0. The summed E-state index contributed by atoms with van der Waals surface area (Å²) in [5.41, 5.74) is 4.95. The molecule has 0 bridgehead atoms. The number of hydrogen-bond acceptors (Lipinski definition) is 3. The van der Waals surface area contributed by atoms with E-state index in [9.17, 15) is 0 Å². The van der Waals surface area contributed by atoms with Crippen molar-refractivity contribution < 1.29 is 9.90 Å². The molecule has 0 aromatic heterocycles. The third kappa shape index (κ3) is 136. The molecule has 0 rings (SSSR count). The molecule has 0 saturated carbocycles. The molecule has 3 N–H and O–H groups in total. The van der Waals surface area contributed by atoms with Gasteiger partial charge >= 0.3 is 0 Å². The molecule has 0 spiro atoms. The summed E-state index contributed by atoms with van der Waals surface area (Å²) in [6.45, 7) is 0.434. The van der Waals surface area contributed by atoms with Gasteiger partial charge in [-0.2, -0.15) is 12.6 Å². The van der Waals surface area contributed by atoms with Crippen molar-refractivity contribution >= 4 is 19.1 Å². The Hall–Kier alpha value is -0.220. The van der Waals surface area contributed by atoms with E-state index >= 15 is 0 Å². The van der Waals surface area contributed by atoms with Crippen LogP contribution < -0.4 is 5.73 Å². The highest BCUT2D eigenvalue weighted by atomic mass is 32.1. The van der Waals surface area contributed by atoms with Gasteiger partial charge in [-0.1, -0.05) is 0 Å². The molecule has 0 unspecified atom stereocenters. The van der Waals surface area contributed by atoms with Crippen LogP contribution in [0.25, 0.3) is 0 Å². The molecule has 0 atom stereocenters. The average Bonchev–Trinajstić information content (AvgIpc) is 1.69. The average molecular weight is 123 g/mol. The van der Waals surface area contributed by atoms with Crippen LogP contribution in [-0.2, 0) is 4.79 Å². The maximum Gasteiger partial charge on any atom is 0.290 e. The van der Waals surface area contributed by atoms with Crippen molar-refractivity contribution in [3.63, 3.8) is 0 Å². The van der Waals surface area contributed by atoms with Crippen molar-refractivity contribution in [2.75, 3.05) is 12.3 Å². The Balaban J connectivity index is 0. The largest absolute Gasteiger partial charge is 0.483 e. The summed E-state index contributed by atoms with van der Waals surface area (Å²) in [7, 11) is 0. The van der Waals surface area contributed by atoms with Crippen molar-refractivity contribution in [1.29, 1.82) is 0 Å². The SMILES string of the molecule is NCCS.O=CO. The van der Waals surface area contributed by atoms with Gasteiger partial charge in [0, 0.05) is 12.3 Å². The van der Waals surface area contributed by atoms with Crippen molar-refractivity contribution in [3.8, 4) is 0 Å². The quantitative estimate of drug-likeness (QED) is 0.327. The predicted molar refractivity (Wildman–Crippen MR) is 31.6 cm³/mol. The number of hydrogen-bond donors (Lipinski definition) is 3. The second kappa shape index (κ2) is 17.1. The summed E-state index contributed by atoms with van der Waals surface area (Å²) in [6, 6.07) is 0. The molecular weight excluding hydrogens is 114 g/mol. The molecule has 7 heavy (non-hydrogen) atoms. The van der Waals surface area contributed by atoms with Crippen LogP contribution in [0.1, 0.15) is 0 Å². The van der Waals surface area contributed by atoms with E-state index in [1.807, 2.05) is 0 Å². The van der Waals surface area contributed by atoms with Crippen molar-refractivity contribution in [2.24, 2.45) is 5.73 Å². The molecule has 0 fully saturated rings. The van der Waals surface area contributed by atoms with Crippen LogP contribution in [0.5, 0.6) is 0 Å². The molecule has 0 aliphatic rings. The zero-order chi connectivity index (χ0) is 6.12. The van der Waals surface area contributed by atoms with Gasteiger partial charge in [0.2, 0.25) is 0 Å². The normalized spacial score (nSPS) is 6.00. The third-order valence-electron chi connectivity index (χ3n) is 0.129. The molecule has 0 saturated heterocycles. The minimum Gasteiger partial charge on any atom is -0.483 e. The van der Waals surface area contributed by atoms with E-state index in [2.05, 4.69) is 12.6 Å². The van der Waals surface area contributed by atoms with Crippen LogP contribution in [0.15, 0.2) is 0 Å². The Morgan fingerprint density at radius 1 is 1.86 bits per heavy atom. The maximum atomic E-state index is 8.36. The van der Waals surface area contributed by atoms with E-state index in [1.54, 1.807) is 0 Å². The number of thiol groups is 1. The smallest absolute Gasteiger partial charge is 0.290 e. The lowest BCUT2D eigenvalue weighted by atomic mass is 10.8. The summed E-state index contributed by atoms with van der Waals surface area (Å²) >= 11 is 3.80. The van der Waals surface area contributed by atoms with Gasteiger partial charge in [0.25, 0.3) is 6.47 Å². The summed E-state index contributed by atoms with van der Waals surface area (Å²) in [5, 5.41) is 6.89. The zero-order valence-electron chi connectivity index (χ0n) is 3.87. The van der Waals surface area contributed by atoms with Gasteiger partial charge in [-0.25, -0.2) is 0 Å². The molecule has 0 aromatic rings. The first-order chi connectivity index (χ1) is 3.33. The Morgan fingerprint density at radius 3 is 2.00 bits per heavy atom. The molecule has 0 aromatic carbocycles. The van der Waals surface area contributed by atoms with Crippen LogP contribution in [0.4, 0.5) is 0 Å². The number of rotatable bonds is 1. The number of carboxylic acid groups (broad SMARTS) is 1. The van der Waals surface area contributed by atoms with Crippen LogP contribution in [0.3, 0.4) is 0 Å². The van der Waals surface area contributed by atoms with Gasteiger partial charge in [0.05, 0.1) is 0 Å². The topological polar surface area (TPSA) is 63.3 Å². The van der Waals surface area contributed by atoms with Crippen LogP contribution in [0, 0.1) is 0 Å². The van der Waals surface area contributed by atoms with E-state index in [0.29, 0.717) is 6.54 Å². The first-order valence-electron chi connectivity index (χ1n) is 1.72. The summed E-state index contributed by atoms with van der Waals surface area (Å²) in [4.78, 5) is 8.36. The number of nitrogens with two attached hydrogens (primary N) is 1. The summed E-state index contributed by atoms with van der Waals surface area (Å²) < 4.78 is 0. The Labute approximate surface area is 47.9 Å². The van der Waals surface area contributed by atoms with E-state index < -0.39 is 0 Å². The van der Waals surface area contributed by atoms with E-state index in [4.69, 9.17) is 15.6 Å². The maximum absolute atomic E-state index is 8.36. The highest BCUT2D eigenvalue weighted by Crippen LogP contribution is 1.58. The Kier molecular flexibility index (Phi) is 24.2. The van der Waals surface area contributed by atoms with Crippen molar-refractivity contribution in [1.82, 2.24) is 0 Å². The van der Waals surface area contributed by atoms with Crippen molar-refractivity contribution in [3.05, 3.63) is 0 Å². The monoisotopic (exact) mass is 123 g/mol.